The summed E-state index contributed by atoms with van der Waals surface area (Å²) in [5.41, 5.74) is 6.97. The summed E-state index contributed by atoms with van der Waals surface area (Å²) in [5, 5.41) is 2.73. The van der Waals surface area contributed by atoms with E-state index in [2.05, 4.69) is 19.2 Å². The molecule has 1 fully saturated rings. The minimum absolute atomic E-state index is 0.0416. The minimum Gasteiger partial charge on any atom is -0.446 e. The number of benzene rings is 1. The summed E-state index contributed by atoms with van der Waals surface area (Å²) in [7, 11) is 0. The van der Waals surface area contributed by atoms with Crippen LogP contribution in [0.1, 0.15) is 33.1 Å². The van der Waals surface area contributed by atoms with Crippen molar-refractivity contribution in [2.45, 2.75) is 39.2 Å². The summed E-state index contributed by atoms with van der Waals surface area (Å²) in [6.07, 6.45) is 2.70. The van der Waals surface area contributed by atoms with Crippen LogP contribution in [0.4, 0.5) is 16.2 Å². The van der Waals surface area contributed by atoms with E-state index >= 15 is 0 Å². The predicted octanol–water partition coefficient (Wildman–Crippen LogP) is 3.64. The van der Waals surface area contributed by atoms with Gasteiger partial charge in [-0.3, -0.25) is 5.32 Å². The highest BCUT2D eigenvalue weighted by Gasteiger charge is 2.26. The van der Waals surface area contributed by atoms with Gasteiger partial charge in [0.2, 0.25) is 0 Å². The van der Waals surface area contributed by atoms with Crippen molar-refractivity contribution in [3.05, 3.63) is 24.3 Å². The molecule has 3 unspecified atom stereocenters. The van der Waals surface area contributed by atoms with Crippen LogP contribution in [0.2, 0.25) is 0 Å². The highest BCUT2D eigenvalue weighted by molar-refractivity contribution is 5.84. The first kappa shape index (κ1) is 13.7. The van der Waals surface area contributed by atoms with Crippen molar-refractivity contribution < 1.29 is 9.53 Å². The molecule has 0 aromatic heterocycles. The van der Waals surface area contributed by atoms with Crippen molar-refractivity contribution >= 4 is 17.5 Å². The van der Waals surface area contributed by atoms with Crippen LogP contribution in [0.25, 0.3) is 0 Å². The Hall–Kier alpha value is -1.71. The molecule has 19 heavy (non-hydrogen) atoms. The van der Waals surface area contributed by atoms with Gasteiger partial charge in [0.25, 0.3) is 0 Å². The smallest absolute Gasteiger partial charge is 0.411 e. The fourth-order valence-corrected chi connectivity index (χ4v) is 2.47. The molecule has 1 aliphatic rings. The van der Waals surface area contributed by atoms with Crippen molar-refractivity contribution in [1.29, 1.82) is 0 Å². The van der Waals surface area contributed by atoms with Gasteiger partial charge in [0, 0.05) is 11.4 Å². The largest absolute Gasteiger partial charge is 0.446 e. The van der Waals surface area contributed by atoms with E-state index < -0.39 is 0 Å². The zero-order valence-corrected chi connectivity index (χ0v) is 11.6. The lowest BCUT2D eigenvalue weighted by Crippen LogP contribution is -2.30. The standard InChI is InChI=1S/C15H22N2O2/c1-10-3-8-14(9-11(10)2)19-15(18)17-13-6-4-12(16)5-7-13/h4-7,10-11,14H,3,8-9,16H2,1-2H3,(H,17,18). The zero-order valence-electron chi connectivity index (χ0n) is 11.6. The van der Waals surface area contributed by atoms with Crippen LogP contribution in [0, 0.1) is 11.8 Å². The molecule has 2 rings (SSSR count). The van der Waals surface area contributed by atoms with E-state index in [-0.39, 0.29) is 12.2 Å². The van der Waals surface area contributed by atoms with Gasteiger partial charge in [0.15, 0.2) is 0 Å². The molecule has 0 saturated heterocycles. The summed E-state index contributed by atoms with van der Waals surface area (Å²) < 4.78 is 5.46. The molecule has 0 aliphatic heterocycles. The maximum atomic E-state index is 11.8. The van der Waals surface area contributed by atoms with Gasteiger partial charge in [-0.2, -0.15) is 0 Å². The lowest BCUT2D eigenvalue weighted by atomic mass is 9.80. The molecular weight excluding hydrogens is 240 g/mol. The number of nitrogens with one attached hydrogen (secondary N) is 1. The van der Waals surface area contributed by atoms with E-state index in [1.165, 1.54) is 0 Å². The van der Waals surface area contributed by atoms with E-state index in [1.807, 2.05) is 0 Å². The molecule has 0 heterocycles. The summed E-state index contributed by atoms with van der Waals surface area (Å²) in [5.74, 6) is 1.34. The Morgan fingerprint density at radius 3 is 2.53 bits per heavy atom. The third-order valence-corrected chi connectivity index (χ3v) is 3.98. The zero-order chi connectivity index (χ0) is 13.8. The molecule has 0 spiro atoms. The van der Waals surface area contributed by atoms with Gasteiger partial charge in [0.05, 0.1) is 0 Å². The third kappa shape index (κ3) is 3.88. The Morgan fingerprint density at radius 1 is 1.21 bits per heavy atom. The normalized spacial score (nSPS) is 26.7. The summed E-state index contributed by atoms with van der Waals surface area (Å²) >= 11 is 0. The molecule has 4 nitrogen and oxygen atoms in total. The monoisotopic (exact) mass is 262 g/mol. The molecule has 1 aromatic carbocycles. The number of ether oxygens (including phenoxy) is 1. The average molecular weight is 262 g/mol. The number of anilines is 2. The second kappa shape index (κ2) is 5.95. The molecule has 1 amide bonds. The Balaban J connectivity index is 1.83. The Morgan fingerprint density at radius 2 is 1.89 bits per heavy atom. The maximum absolute atomic E-state index is 11.8. The second-order valence-corrected chi connectivity index (χ2v) is 5.54. The van der Waals surface area contributed by atoms with E-state index in [0.717, 1.165) is 25.2 Å². The van der Waals surface area contributed by atoms with Crippen LogP contribution in [0.15, 0.2) is 24.3 Å². The summed E-state index contributed by atoms with van der Waals surface area (Å²) in [6.45, 7) is 4.48. The van der Waals surface area contributed by atoms with Crippen LogP contribution in [-0.4, -0.2) is 12.2 Å². The number of carbonyl (C=O) groups excluding carboxylic acids is 1. The molecule has 4 heteroatoms. The lowest BCUT2D eigenvalue weighted by Gasteiger charge is -2.31. The number of nitrogen functional groups attached to an aromatic ring is 1. The molecule has 0 radical (unpaired) electrons. The first-order valence-electron chi connectivity index (χ1n) is 6.88. The highest BCUT2D eigenvalue weighted by Crippen LogP contribution is 2.31. The van der Waals surface area contributed by atoms with Crippen LogP contribution in [-0.2, 0) is 4.74 Å². The van der Waals surface area contributed by atoms with Gasteiger partial charge in [-0.25, -0.2) is 4.79 Å². The first-order valence-corrected chi connectivity index (χ1v) is 6.88. The Kier molecular flexibility index (Phi) is 4.30. The minimum atomic E-state index is -0.378. The van der Waals surface area contributed by atoms with Crippen molar-refractivity contribution in [2.75, 3.05) is 11.1 Å². The van der Waals surface area contributed by atoms with Gasteiger partial charge in [0.1, 0.15) is 6.10 Å². The summed E-state index contributed by atoms with van der Waals surface area (Å²) in [4.78, 5) is 11.8. The number of rotatable bonds is 2. The van der Waals surface area contributed by atoms with Crippen molar-refractivity contribution in [1.82, 2.24) is 0 Å². The van der Waals surface area contributed by atoms with E-state index in [9.17, 15) is 4.79 Å². The molecule has 104 valence electrons. The van der Waals surface area contributed by atoms with Gasteiger partial charge < -0.3 is 10.5 Å². The topological polar surface area (TPSA) is 64.3 Å². The fraction of sp³-hybridized carbons (Fsp3) is 0.533. The van der Waals surface area contributed by atoms with Gasteiger partial charge in [-0.1, -0.05) is 13.8 Å². The molecule has 1 aliphatic carbocycles. The Labute approximate surface area is 114 Å². The molecule has 3 atom stereocenters. The average Bonchev–Trinajstić information content (AvgIpc) is 2.37. The lowest BCUT2D eigenvalue weighted by molar-refractivity contribution is 0.0560. The number of hydrogen-bond donors (Lipinski definition) is 2. The van der Waals surface area contributed by atoms with Crippen LogP contribution < -0.4 is 11.1 Å². The van der Waals surface area contributed by atoms with Crippen molar-refractivity contribution in [3.63, 3.8) is 0 Å². The van der Waals surface area contributed by atoms with Crippen LogP contribution in [0.3, 0.4) is 0 Å². The number of amides is 1. The SMILES string of the molecule is CC1CCC(OC(=O)Nc2ccc(N)cc2)CC1C. The van der Waals surface area contributed by atoms with E-state index in [1.54, 1.807) is 24.3 Å². The van der Waals surface area contributed by atoms with E-state index in [4.69, 9.17) is 10.5 Å². The van der Waals surface area contributed by atoms with Gasteiger partial charge >= 0.3 is 6.09 Å². The molecule has 1 saturated carbocycles. The fourth-order valence-electron chi connectivity index (χ4n) is 2.47. The summed E-state index contributed by atoms with van der Waals surface area (Å²) in [6, 6.07) is 7.03. The van der Waals surface area contributed by atoms with Crippen LogP contribution >= 0.6 is 0 Å². The quantitative estimate of drug-likeness (QED) is 0.800. The molecule has 0 bridgehead atoms. The third-order valence-electron chi connectivity index (χ3n) is 3.98. The highest BCUT2D eigenvalue weighted by atomic mass is 16.6. The molecule has 3 N–H and O–H groups in total. The predicted molar refractivity (Wildman–Crippen MR) is 76.9 cm³/mol. The Bertz CT molecular complexity index is 430. The number of hydrogen-bond acceptors (Lipinski definition) is 3. The molecule has 1 aromatic rings. The first-order chi connectivity index (χ1) is 9.04. The van der Waals surface area contributed by atoms with Gasteiger partial charge in [-0.05, 0) is 55.4 Å². The second-order valence-electron chi connectivity index (χ2n) is 5.54. The van der Waals surface area contributed by atoms with Crippen molar-refractivity contribution in [2.24, 2.45) is 11.8 Å². The van der Waals surface area contributed by atoms with Crippen molar-refractivity contribution in [3.8, 4) is 0 Å². The number of nitrogens with two attached hydrogens (primary N) is 1. The van der Waals surface area contributed by atoms with Gasteiger partial charge in [-0.15, -0.1) is 0 Å². The van der Waals surface area contributed by atoms with Crippen LogP contribution in [0.5, 0.6) is 0 Å². The maximum Gasteiger partial charge on any atom is 0.411 e. The number of carbonyl (C=O) groups is 1. The van der Waals surface area contributed by atoms with E-state index in [0.29, 0.717) is 17.3 Å². The molecular formula is C15H22N2O2.